The Morgan fingerprint density at radius 3 is 2.71 bits per heavy atom. The maximum absolute atomic E-state index is 12.1. The van der Waals surface area contributed by atoms with Gasteiger partial charge in [-0.1, -0.05) is 13.8 Å². The lowest BCUT2D eigenvalue weighted by Crippen LogP contribution is -2.33. The fourth-order valence-corrected chi connectivity index (χ4v) is 4.67. The van der Waals surface area contributed by atoms with E-state index in [1.54, 1.807) is 0 Å². The number of aryl methyl sites for hydroxylation is 1. The second-order valence-electron chi connectivity index (χ2n) is 5.42. The highest BCUT2D eigenvalue weighted by Gasteiger charge is 2.33. The van der Waals surface area contributed by atoms with Gasteiger partial charge in [0.15, 0.2) is 4.21 Å². The van der Waals surface area contributed by atoms with Crippen LogP contribution in [0, 0.1) is 12.3 Å². The van der Waals surface area contributed by atoms with Crippen LogP contribution in [-0.4, -0.2) is 19.4 Å². The predicted molar refractivity (Wildman–Crippen MR) is 68.6 cm³/mol. The Morgan fingerprint density at radius 1 is 1.53 bits per heavy atom. The smallest absolute Gasteiger partial charge is 0.249 e. The number of rotatable bonds is 3. The average Bonchev–Trinajstić information content (AvgIpc) is 2.72. The summed E-state index contributed by atoms with van der Waals surface area (Å²) in [5, 5.41) is 0.775. The Labute approximate surface area is 107 Å². The third kappa shape index (κ3) is 3.05. The first kappa shape index (κ1) is 13.0. The molecule has 6 heteroatoms. The molecule has 1 unspecified atom stereocenters. The lowest BCUT2D eigenvalue weighted by atomic mass is 9.92. The van der Waals surface area contributed by atoms with E-state index in [-0.39, 0.29) is 11.5 Å². The number of nitrogens with one attached hydrogen (secondary N) is 1. The monoisotopic (exact) mass is 274 g/mol. The van der Waals surface area contributed by atoms with Crippen LogP contribution in [0.25, 0.3) is 0 Å². The highest BCUT2D eigenvalue weighted by Crippen LogP contribution is 2.37. The van der Waals surface area contributed by atoms with Crippen molar-refractivity contribution in [3.05, 3.63) is 11.2 Å². The molecular formula is C11H18N2O2S2. The molecule has 0 aromatic carbocycles. The van der Waals surface area contributed by atoms with Gasteiger partial charge in [0, 0.05) is 6.04 Å². The van der Waals surface area contributed by atoms with E-state index in [9.17, 15) is 8.42 Å². The van der Waals surface area contributed by atoms with Crippen LogP contribution in [-0.2, 0) is 10.0 Å². The summed E-state index contributed by atoms with van der Waals surface area (Å²) >= 11 is 1.22. The molecule has 0 radical (unpaired) electrons. The molecule has 1 saturated carbocycles. The largest absolute Gasteiger partial charge is 0.251 e. The number of hydrogen-bond donors (Lipinski definition) is 1. The van der Waals surface area contributed by atoms with Crippen molar-refractivity contribution in [3.63, 3.8) is 0 Å². The normalized spacial score (nSPS) is 24.1. The quantitative estimate of drug-likeness (QED) is 0.920. The van der Waals surface area contributed by atoms with Gasteiger partial charge in [0.05, 0.1) is 11.2 Å². The molecule has 0 saturated heterocycles. The van der Waals surface area contributed by atoms with E-state index in [1.165, 1.54) is 17.5 Å². The maximum atomic E-state index is 12.1. The van der Waals surface area contributed by atoms with Gasteiger partial charge in [-0.25, -0.2) is 18.1 Å². The topological polar surface area (TPSA) is 59.1 Å². The first-order valence-electron chi connectivity index (χ1n) is 5.73. The average molecular weight is 274 g/mol. The van der Waals surface area contributed by atoms with Gasteiger partial charge in [-0.2, -0.15) is 0 Å². The maximum Gasteiger partial charge on any atom is 0.251 e. The van der Waals surface area contributed by atoms with Crippen molar-refractivity contribution in [2.75, 3.05) is 0 Å². The molecule has 1 aromatic heterocycles. The second-order valence-corrected chi connectivity index (χ2v) is 8.60. The molecule has 4 nitrogen and oxygen atoms in total. The molecule has 1 heterocycles. The number of sulfonamides is 1. The molecule has 1 fully saturated rings. The van der Waals surface area contributed by atoms with Gasteiger partial charge in [-0.3, -0.25) is 0 Å². The predicted octanol–water partition coefficient (Wildman–Crippen LogP) is 2.31. The third-order valence-electron chi connectivity index (χ3n) is 3.16. The Bertz CT molecular complexity index is 505. The van der Waals surface area contributed by atoms with E-state index in [4.69, 9.17) is 0 Å². The van der Waals surface area contributed by atoms with Crippen molar-refractivity contribution in [3.8, 4) is 0 Å². The molecule has 0 amide bonds. The van der Waals surface area contributed by atoms with Gasteiger partial charge >= 0.3 is 0 Å². The van der Waals surface area contributed by atoms with Crippen LogP contribution in [0.4, 0.5) is 0 Å². The van der Waals surface area contributed by atoms with E-state index >= 15 is 0 Å². The minimum absolute atomic E-state index is 0.0670. The van der Waals surface area contributed by atoms with E-state index in [2.05, 4.69) is 23.6 Å². The number of aromatic nitrogens is 1. The van der Waals surface area contributed by atoms with E-state index in [1.807, 2.05) is 6.92 Å². The SMILES string of the molecule is Cc1ncc(S(=O)(=O)NC2CCC(C)(C)C2)s1. The molecule has 17 heavy (non-hydrogen) atoms. The molecule has 1 N–H and O–H groups in total. The Morgan fingerprint density at radius 2 is 2.24 bits per heavy atom. The second kappa shape index (κ2) is 4.33. The summed E-state index contributed by atoms with van der Waals surface area (Å²) in [7, 11) is -3.37. The first-order valence-corrected chi connectivity index (χ1v) is 8.03. The van der Waals surface area contributed by atoms with Crippen LogP contribution in [0.1, 0.15) is 38.1 Å². The lowest BCUT2D eigenvalue weighted by molar-refractivity contribution is 0.372. The molecule has 96 valence electrons. The summed E-state index contributed by atoms with van der Waals surface area (Å²) < 4.78 is 27.2. The molecule has 0 bridgehead atoms. The zero-order chi connectivity index (χ0) is 12.7. The molecule has 1 aromatic rings. The minimum Gasteiger partial charge on any atom is -0.249 e. The lowest BCUT2D eigenvalue weighted by Gasteiger charge is -2.17. The summed E-state index contributed by atoms with van der Waals surface area (Å²) in [5.41, 5.74) is 0.247. The van der Waals surface area contributed by atoms with E-state index < -0.39 is 10.0 Å². The van der Waals surface area contributed by atoms with Crippen molar-refractivity contribution in [2.45, 2.75) is 50.3 Å². The number of hydrogen-bond acceptors (Lipinski definition) is 4. The van der Waals surface area contributed by atoms with Crippen LogP contribution in [0.2, 0.25) is 0 Å². The molecular weight excluding hydrogens is 256 g/mol. The molecule has 0 aliphatic heterocycles. The fourth-order valence-electron chi connectivity index (χ4n) is 2.28. The summed E-state index contributed by atoms with van der Waals surface area (Å²) in [6.07, 6.45) is 4.33. The fraction of sp³-hybridized carbons (Fsp3) is 0.727. The minimum atomic E-state index is -3.37. The molecule has 1 aliphatic carbocycles. The Balaban J connectivity index is 2.09. The number of nitrogens with zero attached hydrogens (tertiary/aromatic N) is 1. The summed E-state index contributed by atoms with van der Waals surface area (Å²) in [6.45, 7) is 6.17. The molecule has 1 atom stereocenters. The van der Waals surface area contributed by atoms with Crippen LogP contribution >= 0.6 is 11.3 Å². The van der Waals surface area contributed by atoms with Crippen LogP contribution in [0.15, 0.2) is 10.4 Å². The van der Waals surface area contributed by atoms with E-state index in [0.29, 0.717) is 4.21 Å². The van der Waals surface area contributed by atoms with Crippen LogP contribution < -0.4 is 4.72 Å². The van der Waals surface area contributed by atoms with Gasteiger partial charge in [0.1, 0.15) is 0 Å². The van der Waals surface area contributed by atoms with Crippen molar-refractivity contribution < 1.29 is 8.42 Å². The van der Waals surface area contributed by atoms with Crippen LogP contribution in [0.3, 0.4) is 0 Å². The highest BCUT2D eigenvalue weighted by atomic mass is 32.2. The van der Waals surface area contributed by atoms with Gasteiger partial charge in [-0.05, 0) is 31.6 Å². The highest BCUT2D eigenvalue weighted by molar-refractivity contribution is 7.91. The number of thiazole rings is 1. The van der Waals surface area contributed by atoms with Crippen LogP contribution in [0.5, 0.6) is 0 Å². The molecule has 1 aliphatic rings. The van der Waals surface area contributed by atoms with Crippen molar-refractivity contribution in [1.29, 1.82) is 0 Å². The van der Waals surface area contributed by atoms with Gasteiger partial charge in [0.25, 0.3) is 10.0 Å². The summed E-state index contributed by atoms with van der Waals surface area (Å²) in [6, 6.07) is 0.0670. The standard InChI is InChI=1S/C11H18N2O2S2/c1-8-12-7-10(16-8)17(14,15)13-9-4-5-11(2,3)6-9/h7,9,13H,4-6H2,1-3H3. The van der Waals surface area contributed by atoms with Crippen molar-refractivity contribution in [1.82, 2.24) is 9.71 Å². The van der Waals surface area contributed by atoms with Crippen molar-refractivity contribution >= 4 is 21.4 Å². The zero-order valence-corrected chi connectivity index (χ0v) is 12.0. The molecule has 2 rings (SSSR count). The Hall–Kier alpha value is -0.460. The van der Waals surface area contributed by atoms with Crippen molar-refractivity contribution in [2.24, 2.45) is 5.41 Å². The summed E-state index contributed by atoms with van der Waals surface area (Å²) in [4.78, 5) is 3.99. The Kier molecular flexibility index (Phi) is 3.31. The summed E-state index contributed by atoms with van der Waals surface area (Å²) in [5.74, 6) is 0. The first-order chi connectivity index (χ1) is 7.78. The zero-order valence-electron chi connectivity index (χ0n) is 10.4. The van der Waals surface area contributed by atoms with E-state index in [0.717, 1.165) is 24.3 Å². The molecule has 0 spiro atoms. The van der Waals surface area contributed by atoms with Gasteiger partial charge in [0.2, 0.25) is 0 Å². The van der Waals surface area contributed by atoms with Gasteiger partial charge < -0.3 is 0 Å². The third-order valence-corrected chi connectivity index (χ3v) is 6.05. The van der Waals surface area contributed by atoms with Gasteiger partial charge in [-0.15, -0.1) is 11.3 Å².